The number of amides is 1. The summed E-state index contributed by atoms with van der Waals surface area (Å²) in [4.78, 5) is 21.1. The van der Waals surface area contributed by atoms with Gasteiger partial charge in [-0.25, -0.2) is 9.18 Å². The molecule has 0 aliphatic heterocycles. The minimum atomic E-state index is -1.07. The monoisotopic (exact) mass is 468 g/mol. The number of rotatable bonds is 7. The highest BCUT2D eigenvalue weighted by Gasteiger charge is 2.31. The fourth-order valence-corrected chi connectivity index (χ4v) is 4.40. The molecule has 0 spiro atoms. The molecule has 3 aromatic heterocycles. The molecule has 1 unspecified atom stereocenters. The zero-order chi connectivity index (χ0) is 23.6. The summed E-state index contributed by atoms with van der Waals surface area (Å²) in [5, 5.41) is 0. The number of carbonyl (C=O) groups excluding carboxylic acids is 1. The summed E-state index contributed by atoms with van der Waals surface area (Å²) in [6.07, 6.45) is 2.30. The van der Waals surface area contributed by atoms with E-state index < -0.39 is 17.5 Å². The van der Waals surface area contributed by atoms with Gasteiger partial charge in [-0.3, -0.25) is 9.97 Å². The Morgan fingerprint density at radius 3 is 2.64 bits per heavy atom. The summed E-state index contributed by atoms with van der Waals surface area (Å²) < 4.78 is 31.2. The lowest BCUT2D eigenvalue weighted by Crippen LogP contribution is -2.36. The van der Waals surface area contributed by atoms with E-state index in [0.29, 0.717) is 28.2 Å². The number of nitrogen functional groups attached to an aromatic ring is 1. The number of benzene rings is 1. The zero-order valence-corrected chi connectivity index (χ0v) is 18.7. The fourth-order valence-electron chi connectivity index (χ4n) is 3.36. The van der Waals surface area contributed by atoms with Crippen molar-refractivity contribution in [3.8, 4) is 22.1 Å². The molecule has 10 heteroatoms. The molecule has 1 atom stereocenters. The van der Waals surface area contributed by atoms with E-state index in [2.05, 4.69) is 9.97 Å². The van der Waals surface area contributed by atoms with Gasteiger partial charge in [-0.2, -0.15) is 0 Å². The molecule has 0 aliphatic carbocycles. The van der Waals surface area contributed by atoms with Crippen LogP contribution in [0.5, 0.6) is 11.5 Å². The Balaban J connectivity index is 1.65. The number of primary amides is 1. The number of fused-ring (bicyclic) bond motifs is 1. The third kappa shape index (κ3) is 4.71. The van der Waals surface area contributed by atoms with Crippen LogP contribution in [0.2, 0.25) is 0 Å². The summed E-state index contributed by atoms with van der Waals surface area (Å²) in [5.41, 5.74) is 12.1. The fraction of sp³-hybridized carbons (Fsp3) is 0.174. The van der Waals surface area contributed by atoms with Crippen molar-refractivity contribution in [3.63, 3.8) is 0 Å². The second kappa shape index (κ2) is 9.00. The van der Waals surface area contributed by atoms with Crippen LogP contribution in [0.4, 0.5) is 14.9 Å². The van der Waals surface area contributed by atoms with Crippen LogP contribution in [0.3, 0.4) is 0 Å². The van der Waals surface area contributed by atoms with Crippen LogP contribution in [-0.4, -0.2) is 29.8 Å². The van der Waals surface area contributed by atoms with E-state index in [1.165, 1.54) is 30.6 Å². The van der Waals surface area contributed by atoms with Gasteiger partial charge < -0.3 is 25.7 Å². The molecule has 0 radical (unpaired) electrons. The van der Waals surface area contributed by atoms with Crippen molar-refractivity contribution in [2.45, 2.75) is 12.5 Å². The van der Waals surface area contributed by atoms with Gasteiger partial charge in [0.15, 0.2) is 17.2 Å². The van der Waals surface area contributed by atoms with E-state index >= 15 is 0 Å². The van der Waals surface area contributed by atoms with Gasteiger partial charge in [0.05, 0.1) is 27.4 Å². The molecule has 4 rings (SSSR count). The standard InChI is InChI=1S/C23H21FN4O4S/c1-23(12-30-2,32-22(26)29)13-3-5-16(28-11-13)20-10-17-21(33-20)19(7-8-27-17)31-18-6-4-14(25)9-15(18)24/h3-11H,12,25H2,1-2H3,(H2,26,29). The topological polar surface area (TPSA) is 123 Å². The number of halogens is 1. The second-order valence-corrected chi connectivity index (χ2v) is 8.50. The minimum absolute atomic E-state index is 0.0704. The van der Waals surface area contributed by atoms with Gasteiger partial charge >= 0.3 is 6.09 Å². The van der Waals surface area contributed by atoms with E-state index in [1.807, 2.05) is 6.07 Å². The van der Waals surface area contributed by atoms with Crippen LogP contribution in [0, 0.1) is 5.82 Å². The number of methoxy groups -OCH3 is 1. The smallest absolute Gasteiger partial charge is 0.405 e. The van der Waals surface area contributed by atoms with Crippen LogP contribution < -0.4 is 16.2 Å². The van der Waals surface area contributed by atoms with E-state index in [4.69, 9.17) is 25.7 Å². The van der Waals surface area contributed by atoms with Crippen molar-refractivity contribution >= 4 is 33.3 Å². The first kappa shape index (κ1) is 22.4. The van der Waals surface area contributed by atoms with Crippen molar-refractivity contribution in [2.24, 2.45) is 5.73 Å². The van der Waals surface area contributed by atoms with Crippen molar-refractivity contribution in [3.05, 3.63) is 66.2 Å². The van der Waals surface area contributed by atoms with Gasteiger partial charge in [0.25, 0.3) is 0 Å². The van der Waals surface area contributed by atoms with Crippen LogP contribution in [0.15, 0.2) is 54.9 Å². The quantitative estimate of drug-likeness (QED) is 0.373. The molecule has 0 fully saturated rings. The maximum atomic E-state index is 14.2. The maximum absolute atomic E-state index is 14.2. The first-order valence-corrected chi connectivity index (χ1v) is 10.7. The number of carbonyl (C=O) groups is 1. The first-order chi connectivity index (χ1) is 15.8. The van der Waals surface area contributed by atoms with Crippen molar-refractivity contribution in [2.75, 3.05) is 19.5 Å². The van der Waals surface area contributed by atoms with Crippen LogP contribution in [0.25, 0.3) is 20.8 Å². The highest BCUT2D eigenvalue weighted by Crippen LogP contribution is 2.39. The third-order valence-electron chi connectivity index (χ3n) is 4.92. The summed E-state index contributed by atoms with van der Waals surface area (Å²) in [6.45, 7) is 1.81. The van der Waals surface area contributed by atoms with E-state index in [9.17, 15) is 9.18 Å². The number of nitrogens with zero attached hydrogens (tertiary/aromatic N) is 2. The van der Waals surface area contributed by atoms with Gasteiger partial charge in [0.2, 0.25) is 0 Å². The Bertz CT molecular complexity index is 1310. The van der Waals surface area contributed by atoms with E-state index in [1.54, 1.807) is 43.6 Å². The molecule has 1 amide bonds. The van der Waals surface area contributed by atoms with Crippen molar-refractivity contribution in [1.82, 2.24) is 9.97 Å². The molecule has 1 aromatic carbocycles. The van der Waals surface area contributed by atoms with Crippen LogP contribution in [0.1, 0.15) is 12.5 Å². The Morgan fingerprint density at radius 2 is 1.97 bits per heavy atom. The lowest BCUT2D eigenvalue weighted by atomic mass is 9.98. The third-order valence-corrected chi connectivity index (χ3v) is 6.09. The molecule has 0 bridgehead atoms. The molecule has 8 nitrogen and oxygen atoms in total. The number of nitrogens with two attached hydrogens (primary N) is 2. The molecule has 33 heavy (non-hydrogen) atoms. The number of aromatic nitrogens is 2. The van der Waals surface area contributed by atoms with E-state index in [-0.39, 0.29) is 12.4 Å². The summed E-state index contributed by atoms with van der Waals surface area (Å²) >= 11 is 1.41. The predicted octanol–water partition coefficient (Wildman–Crippen LogP) is 4.83. The molecule has 0 saturated heterocycles. The van der Waals surface area contributed by atoms with Crippen LogP contribution in [-0.2, 0) is 15.1 Å². The molecule has 170 valence electrons. The maximum Gasteiger partial charge on any atom is 0.405 e. The first-order valence-electron chi connectivity index (χ1n) is 9.85. The molecule has 4 N–H and O–H groups in total. The predicted molar refractivity (Wildman–Crippen MR) is 124 cm³/mol. The molecule has 0 saturated carbocycles. The Morgan fingerprint density at radius 1 is 1.15 bits per heavy atom. The van der Waals surface area contributed by atoms with Crippen molar-refractivity contribution < 1.29 is 23.4 Å². The van der Waals surface area contributed by atoms with Gasteiger partial charge in [-0.15, -0.1) is 11.3 Å². The Kier molecular flexibility index (Phi) is 6.12. The SMILES string of the molecule is COCC(C)(OC(N)=O)c1ccc(-c2cc3nccc(Oc4ccc(N)cc4F)c3s2)nc1. The average Bonchev–Trinajstić information content (AvgIpc) is 3.21. The number of pyridine rings is 2. The highest BCUT2D eigenvalue weighted by atomic mass is 32.1. The number of hydrogen-bond acceptors (Lipinski definition) is 8. The summed E-state index contributed by atoms with van der Waals surface area (Å²) in [5.74, 6) is -0.00800. The molecular formula is C23H21FN4O4S. The Labute approximate surface area is 192 Å². The van der Waals surface area contributed by atoms with Gasteiger partial charge in [-0.1, -0.05) is 6.07 Å². The van der Waals surface area contributed by atoms with Crippen molar-refractivity contribution in [1.29, 1.82) is 0 Å². The second-order valence-electron chi connectivity index (χ2n) is 7.44. The number of anilines is 1. The zero-order valence-electron chi connectivity index (χ0n) is 17.9. The Hall–Kier alpha value is -3.76. The van der Waals surface area contributed by atoms with E-state index in [0.717, 1.165) is 9.58 Å². The molecule has 4 aromatic rings. The summed E-state index contributed by atoms with van der Waals surface area (Å²) in [6, 6.07) is 11.4. The normalized spacial score (nSPS) is 12.9. The average molecular weight is 469 g/mol. The highest BCUT2D eigenvalue weighted by molar-refractivity contribution is 7.22. The van der Waals surface area contributed by atoms with Gasteiger partial charge in [-0.05, 0) is 31.2 Å². The number of thiophene rings is 1. The number of hydrogen-bond donors (Lipinski definition) is 2. The molecule has 0 aliphatic rings. The molecular weight excluding hydrogens is 447 g/mol. The van der Waals surface area contributed by atoms with Gasteiger partial charge in [0, 0.05) is 42.9 Å². The lowest BCUT2D eigenvalue weighted by molar-refractivity contribution is -0.0316. The number of ether oxygens (including phenoxy) is 3. The molecule has 3 heterocycles. The van der Waals surface area contributed by atoms with Crippen LogP contribution >= 0.6 is 11.3 Å². The lowest BCUT2D eigenvalue weighted by Gasteiger charge is -2.28. The largest absolute Gasteiger partial charge is 0.453 e. The minimum Gasteiger partial charge on any atom is -0.453 e. The van der Waals surface area contributed by atoms with Gasteiger partial charge in [0.1, 0.15) is 5.75 Å². The summed E-state index contributed by atoms with van der Waals surface area (Å²) in [7, 11) is 1.50.